The lowest BCUT2D eigenvalue weighted by molar-refractivity contribution is -0.119. The molecule has 0 aliphatic carbocycles. The number of hydrogen-bond donors (Lipinski definition) is 1. The highest BCUT2D eigenvalue weighted by Crippen LogP contribution is 2.26. The molecular formula is C17H18N2O2S2. The van der Waals surface area contributed by atoms with Gasteiger partial charge in [0.15, 0.2) is 0 Å². The Morgan fingerprint density at radius 1 is 1.22 bits per heavy atom. The van der Waals surface area contributed by atoms with Crippen LogP contribution in [-0.4, -0.2) is 34.4 Å². The Labute approximate surface area is 143 Å². The van der Waals surface area contributed by atoms with Crippen LogP contribution in [0.1, 0.15) is 20.8 Å². The van der Waals surface area contributed by atoms with Gasteiger partial charge >= 0.3 is 0 Å². The smallest absolute Gasteiger partial charge is 0.265 e. The molecule has 2 amide bonds. The molecule has 2 aromatic rings. The molecule has 6 heteroatoms. The van der Waals surface area contributed by atoms with Crippen molar-refractivity contribution in [3.05, 3.63) is 51.7 Å². The number of benzene rings is 1. The average Bonchev–Trinajstić information content (AvgIpc) is 3.21. The number of anilines is 1. The SMILES string of the molecule is Cc1ccc(NC(=O)C2CSCN2C(=O)c2cccs2)cc1C. The standard InChI is InChI=1S/C17H18N2O2S2/c1-11-5-6-13(8-12(11)2)18-16(20)14-9-22-10-19(14)17(21)15-4-3-7-23-15/h3-8,14H,9-10H2,1-2H3,(H,18,20). The zero-order valence-corrected chi connectivity index (χ0v) is 14.7. The van der Waals surface area contributed by atoms with E-state index in [1.165, 1.54) is 16.9 Å². The Bertz CT molecular complexity index is 728. The van der Waals surface area contributed by atoms with E-state index in [4.69, 9.17) is 0 Å². The first-order valence-corrected chi connectivity index (χ1v) is 9.40. The van der Waals surface area contributed by atoms with Crippen LogP contribution in [0.15, 0.2) is 35.7 Å². The fraction of sp³-hybridized carbons (Fsp3) is 0.294. The summed E-state index contributed by atoms with van der Waals surface area (Å²) < 4.78 is 0. The number of rotatable bonds is 3. The second-order valence-electron chi connectivity index (χ2n) is 5.56. The van der Waals surface area contributed by atoms with Gasteiger partial charge in [0.2, 0.25) is 5.91 Å². The summed E-state index contributed by atoms with van der Waals surface area (Å²) >= 11 is 3.02. The van der Waals surface area contributed by atoms with Crippen LogP contribution < -0.4 is 5.32 Å². The molecule has 1 aromatic carbocycles. The van der Waals surface area contributed by atoms with Gasteiger partial charge in [-0.15, -0.1) is 23.1 Å². The molecule has 23 heavy (non-hydrogen) atoms. The van der Waals surface area contributed by atoms with Gasteiger partial charge in [-0.3, -0.25) is 9.59 Å². The molecule has 0 bridgehead atoms. The summed E-state index contributed by atoms with van der Waals surface area (Å²) in [5, 5.41) is 4.81. The van der Waals surface area contributed by atoms with Gasteiger partial charge in [0.05, 0.1) is 10.8 Å². The van der Waals surface area contributed by atoms with Gasteiger partial charge in [-0.05, 0) is 48.6 Å². The van der Waals surface area contributed by atoms with Crippen molar-refractivity contribution in [1.29, 1.82) is 0 Å². The normalized spacial score (nSPS) is 17.3. The lowest BCUT2D eigenvalue weighted by atomic mass is 10.1. The number of carbonyl (C=O) groups is 2. The Kier molecular flexibility index (Phi) is 4.73. The fourth-order valence-electron chi connectivity index (χ4n) is 2.45. The predicted octanol–water partition coefficient (Wildman–Crippen LogP) is 3.52. The minimum Gasteiger partial charge on any atom is -0.324 e. The molecule has 0 radical (unpaired) electrons. The summed E-state index contributed by atoms with van der Waals surface area (Å²) in [4.78, 5) is 27.4. The number of thiophene rings is 1. The molecule has 0 spiro atoms. The van der Waals surface area contributed by atoms with E-state index in [1.807, 2.05) is 43.5 Å². The molecule has 4 nitrogen and oxygen atoms in total. The van der Waals surface area contributed by atoms with Crippen LogP contribution in [-0.2, 0) is 4.79 Å². The lowest BCUT2D eigenvalue weighted by Crippen LogP contribution is -2.44. The van der Waals surface area contributed by atoms with E-state index in [9.17, 15) is 9.59 Å². The number of carbonyl (C=O) groups excluding carboxylic acids is 2. The number of nitrogens with zero attached hydrogens (tertiary/aromatic N) is 1. The van der Waals surface area contributed by atoms with E-state index in [2.05, 4.69) is 5.32 Å². The summed E-state index contributed by atoms with van der Waals surface area (Å²) in [5.41, 5.74) is 3.10. The van der Waals surface area contributed by atoms with Crippen LogP contribution in [0.25, 0.3) is 0 Å². The molecule has 120 valence electrons. The first kappa shape index (κ1) is 16.1. The van der Waals surface area contributed by atoms with E-state index < -0.39 is 6.04 Å². The third-order valence-electron chi connectivity index (χ3n) is 3.95. The van der Waals surface area contributed by atoms with Crippen molar-refractivity contribution < 1.29 is 9.59 Å². The summed E-state index contributed by atoms with van der Waals surface area (Å²) in [6.45, 7) is 4.05. The van der Waals surface area contributed by atoms with Gasteiger partial charge in [0.1, 0.15) is 6.04 Å². The molecule has 1 unspecified atom stereocenters. The maximum absolute atomic E-state index is 12.6. The highest BCUT2D eigenvalue weighted by molar-refractivity contribution is 7.99. The number of hydrogen-bond acceptors (Lipinski definition) is 4. The number of nitrogens with one attached hydrogen (secondary N) is 1. The van der Waals surface area contributed by atoms with Crippen LogP contribution in [0, 0.1) is 13.8 Å². The minimum atomic E-state index is -0.420. The van der Waals surface area contributed by atoms with Gasteiger partial charge in [-0.1, -0.05) is 12.1 Å². The van der Waals surface area contributed by atoms with Crippen LogP contribution in [0.2, 0.25) is 0 Å². The van der Waals surface area contributed by atoms with E-state index >= 15 is 0 Å². The summed E-state index contributed by atoms with van der Waals surface area (Å²) in [7, 11) is 0. The molecule has 1 atom stereocenters. The van der Waals surface area contributed by atoms with E-state index in [0.29, 0.717) is 16.5 Å². The second-order valence-corrected chi connectivity index (χ2v) is 7.50. The van der Waals surface area contributed by atoms with Crippen molar-refractivity contribution in [1.82, 2.24) is 4.90 Å². The van der Waals surface area contributed by atoms with Gasteiger partial charge in [0.25, 0.3) is 5.91 Å². The Morgan fingerprint density at radius 2 is 2.04 bits per heavy atom. The van der Waals surface area contributed by atoms with E-state index in [1.54, 1.807) is 22.7 Å². The quantitative estimate of drug-likeness (QED) is 0.925. The molecule has 1 aliphatic heterocycles. The van der Waals surface area contributed by atoms with Crippen molar-refractivity contribution in [2.24, 2.45) is 0 Å². The molecule has 2 heterocycles. The van der Waals surface area contributed by atoms with Gasteiger partial charge in [-0.25, -0.2) is 0 Å². The van der Waals surface area contributed by atoms with E-state index in [-0.39, 0.29) is 11.8 Å². The largest absolute Gasteiger partial charge is 0.324 e. The minimum absolute atomic E-state index is 0.0646. The van der Waals surface area contributed by atoms with Crippen LogP contribution in [0.3, 0.4) is 0 Å². The number of amides is 2. The van der Waals surface area contributed by atoms with Crippen LogP contribution >= 0.6 is 23.1 Å². The maximum atomic E-state index is 12.6. The van der Waals surface area contributed by atoms with Gasteiger partial charge in [0, 0.05) is 11.4 Å². The zero-order valence-electron chi connectivity index (χ0n) is 13.0. The Morgan fingerprint density at radius 3 is 2.74 bits per heavy atom. The fourth-order valence-corrected chi connectivity index (χ4v) is 4.28. The van der Waals surface area contributed by atoms with Crippen molar-refractivity contribution in [3.63, 3.8) is 0 Å². The molecule has 1 aromatic heterocycles. The monoisotopic (exact) mass is 346 g/mol. The first-order valence-electron chi connectivity index (χ1n) is 7.36. The number of thioether (sulfide) groups is 1. The van der Waals surface area contributed by atoms with E-state index in [0.717, 1.165) is 11.3 Å². The summed E-state index contributed by atoms with van der Waals surface area (Å²) in [6.07, 6.45) is 0. The zero-order chi connectivity index (χ0) is 16.4. The Balaban J connectivity index is 1.73. The van der Waals surface area contributed by atoms with Gasteiger partial charge in [-0.2, -0.15) is 0 Å². The summed E-state index contributed by atoms with van der Waals surface area (Å²) in [6, 6.07) is 9.08. The van der Waals surface area contributed by atoms with Gasteiger partial charge < -0.3 is 10.2 Å². The average molecular weight is 346 g/mol. The number of aryl methyl sites for hydroxylation is 2. The molecular weight excluding hydrogens is 328 g/mol. The van der Waals surface area contributed by atoms with Crippen molar-refractivity contribution in [3.8, 4) is 0 Å². The maximum Gasteiger partial charge on any atom is 0.265 e. The first-order chi connectivity index (χ1) is 11.1. The molecule has 0 saturated carbocycles. The topological polar surface area (TPSA) is 49.4 Å². The molecule has 1 aliphatic rings. The summed E-state index contributed by atoms with van der Waals surface area (Å²) in [5.74, 6) is 1.00. The lowest BCUT2D eigenvalue weighted by Gasteiger charge is -2.22. The van der Waals surface area contributed by atoms with Crippen molar-refractivity contribution in [2.75, 3.05) is 16.9 Å². The van der Waals surface area contributed by atoms with Crippen LogP contribution in [0.5, 0.6) is 0 Å². The van der Waals surface area contributed by atoms with Crippen molar-refractivity contribution in [2.45, 2.75) is 19.9 Å². The third kappa shape index (κ3) is 3.43. The highest BCUT2D eigenvalue weighted by Gasteiger charge is 2.35. The molecule has 3 rings (SSSR count). The molecule has 1 saturated heterocycles. The predicted molar refractivity (Wildman–Crippen MR) is 96.1 cm³/mol. The molecule has 1 N–H and O–H groups in total. The van der Waals surface area contributed by atoms with Crippen LogP contribution in [0.4, 0.5) is 5.69 Å². The Hall–Kier alpha value is -1.79. The second kappa shape index (κ2) is 6.76. The molecule has 1 fully saturated rings. The van der Waals surface area contributed by atoms with Crippen molar-refractivity contribution >= 4 is 40.6 Å². The highest BCUT2D eigenvalue weighted by atomic mass is 32.2. The third-order valence-corrected chi connectivity index (χ3v) is 5.82.